The third-order valence-electron chi connectivity index (χ3n) is 4.85. The van der Waals surface area contributed by atoms with E-state index in [1.807, 2.05) is 32.1 Å². The van der Waals surface area contributed by atoms with E-state index in [9.17, 15) is 0 Å². The lowest BCUT2D eigenvalue weighted by Crippen LogP contribution is -2.52. The lowest BCUT2D eigenvalue weighted by molar-refractivity contribution is 0.111. The lowest BCUT2D eigenvalue weighted by Gasteiger charge is -2.41. The van der Waals surface area contributed by atoms with E-state index in [1.165, 1.54) is 5.56 Å². The van der Waals surface area contributed by atoms with E-state index in [1.54, 1.807) is 0 Å². The van der Waals surface area contributed by atoms with E-state index in [0.717, 1.165) is 12.8 Å². The van der Waals surface area contributed by atoms with Crippen LogP contribution in [0.3, 0.4) is 0 Å². The Morgan fingerprint density at radius 3 is 1.93 bits per heavy atom. The van der Waals surface area contributed by atoms with Gasteiger partial charge in [0.1, 0.15) is 0 Å². The van der Waals surface area contributed by atoms with E-state index < -0.39 is 8.56 Å². The molecule has 0 spiro atoms. The monoisotopic (exact) mass is 386 g/mol. The topological polar surface area (TPSA) is 18.5 Å². The zero-order valence-electron chi connectivity index (χ0n) is 18.0. The Labute approximate surface area is 168 Å². The molecule has 1 unspecified atom stereocenters. The summed E-state index contributed by atoms with van der Waals surface area (Å²) < 4.78 is 13.5. The zero-order valence-corrected chi connectivity index (χ0v) is 19.0. The molecule has 0 aromatic heterocycles. The SMILES string of the molecule is C=CC(CCc1ccccc1)O[Si](OC(/C=C/C)/C=C/C)(C(C)C)C(C)C. The van der Waals surface area contributed by atoms with Gasteiger partial charge in [-0.2, -0.15) is 0 Å². The molecule has 3 heteroatoms. The second kappa shape index (κ2) is 12.1. The highest BCUT2D eigenvalue weighted by molar-refractivity contribution is 6.70. The summed E-state index contributed by atoms with van der Waals surface area (Å²) in [7, 11) is -2.48. The fourth-order valence-electron chi connectivity index (χ4n) is 3.39. The molecule has 0 heterocycles. The van der Waals surface area contributed by atoms with Crippen molar-refractivity contribution in [2.75, 3.05) is 0 Å². The van der Waals surface area contributed by atoms with Crippen molar-refractivity contribution >= 4 is 8.56 Å². The summed E-state index contributed by atoms with van der Waals surface area (Å²) in [5, 5.41) is 0. The van der Waals surface area contributed by atoms with E-state index in [4.69, 9.17) is 8.85 Å². The minimum absolute atomic E-state index is 0.00136. The van der Waals surface area contributed by atoms with Crippen LogP contribution in [-0.4, -0.2) is 20.8 Å². The highest BCUT2D eigenvalue weighted by atomic mass is 28.4. The van der Waals surface area contributed by atoms with Gasteiger partial charge in [-0.3, -0.25) is 0 Å². The van der Waals surface area contributed by atoms with Crippen molar-refractivity contribution in [3.05, 3.63) is 72.9 Å². The van der Waals surface area contributed by atoms with Crippen molar-refractivity contribution in [2.24, 2.45) is 0 Å². The molecule has 150 valence electrons. The van der Waals surface area contributed by atoms with Crippen LogP contribution in [0.2, 0.25) is 11.1 Å². The third kappa shape index (κ3) is 7.25. The van der Waals surface area contributed by atoms with E-state index in [0.29, 0.717) is 11.1 Å². The van der Waals surface area contributed by atoms with Crippen LogP contribution in [0, 0.1) is 0 Å². The van der Waals surface area contributed by atoms with Gasteiger partial charge in [0.15, 0.2) is 0 Å². The highest BCUT2D eigenvalue weighted by Gasteiger charge is 2.47. The summed E-state index contributed by atoms with van der Waals surface area (Å²) in [6.07, 6.45) is 12.1. The fourth-order valence-corrected chi connectivity index (χ4v) is 7.14. The number of benzene rings is 1. The van der Waals surface area contributed by atoms with Gasteiger partial charge in [-0.25, -0.2) is 0 Å². The molecule has 2 nitrogen and oxygen atoms in total. The molecule has 0 aliphatic carbocycles. The van der Waals surface area contributed by atoms with Gasteiger partial charge in [0.25, 0.3) is 0 Å². The third-order valence-corrected chi connectivity index (χ3v) is 9.38. The summed E-state index contributed by atoms with van der Waals surface area (Å²) >= 11 is 0. The summed E-state index contributed by atoms with van der Waals surface area (Å²) in [5.41, 5.74) is 2.01. The van der Waals surface area contributed by atoms with Gasteiger partial charge < -0.3 is 8.85 Å². The van der Waals surface area contributed by atoms with Crippen LogP contribution in [0.4, 0.5) is 0 Å². The smallest absolute Gasteiger partial charge is 0.344 e. The Hall–Kier alpha value is -1.42. The van der Waals surface area contributed by atoms with Crippen molar-refractivity contribution in [2.45, 2.75) is 77.7 Å². The molecule has 1 aromatic carbocycles. The molecule has 0 amide bonds. The Kier molecular flexibility index (Phi) is 10.6. The first-order chi connectivity index (χ1) is 12.9. The van der Waals surface area contributed by atoms with Gasteiger partial charge >= 0.3 is 8.56 Å². The van der Waals surface area contributed by atoms with Crippen LogP contribution in [0.5, 0.6) is 0 Å². The van der Waals surface area contributed by atoms with E-state index in [-0.39, 0.29) is 12.2 Å². The Bertz CT molecular complexity index is 570. The van der Waals surface area contributed by atoms with Crippen molar-refractivity contribution in [1.82, 2.24) is 0 Å². The molecule has 0 saturated heterocycles. The number of hydrogen-bond acceptors (Lipinski definition) is 2. The highest BCUT2D eigenvalue weighted by Crippen LogP contribution is 2.37. The van der Waals surface area contributed by atoms with Gasteiger partial charge in [-0.1, -0.05) is 88.4 Å². The summed E-state index contributed by atoms with van der Waals surface area (Å²) in [5.74, 6) is 0. The number of rotatable bonds is 12. The molecule has 1 atom stereocenters. The molecule has 0 fully saturated rings. The first-order valence-electron chi connectivity index (χ1n) is 10.2. The number of hydrogen-bond donors (Lipinski definition) is 0. The molecule has 1 aromatic rings. The van der Waals surface area contributed by atoms with Crippen LogP contribution in [-0.2, 0) is 15.3 Å². The lowest BCUT2D eigenvalue weighted by atomic mass is 10.1. The molecule has 0 aliphatic heterocycles. The average molecular weight is 387 g/mol. The first-order valence-corrected chi connectivity index (χ1v) is 12.1. The molecule has 0 saturated carbocycles. The Morgan fingerprint density at radius 2 is 1.48 bits per heavy atom. The van der Waals surface area contributed by atoms with Crippen molar-refractivity contribution < 1.29 is 8.85 Å². The molecule has 0 radical (unpaired) electrons. The summed E-state index contributed by atoms with van der Waals surface area (Å²) in [6, 6.07) is 10.6. The minimum Gasteiger partial charge on any atom is -0.387 e. The number of aryl methyl sites for hydroxylation is 1. The second-order valence-corrected chi connectivity index (χ2v) is 11.8. The molecule has 0 bridgehead atoms. The standard InChI is InChI=1S/C24H38O2Si/c1-8-14-24(15-9-2)26-27(20(4)5,21(6)7)25-23(10-3)19-18-22-16-12-11-13-17-22/h8-17,20-21,23-24H,3,18-19H2,1-2,4-7H3/b14-8+,15-9+. The maximum atomic E-state index is 6.79. The van der Waals surface area contributed by atoms with Crippen molar-refractivity contribution in [3.63, 3.8) is 0 Å². The molecular weight excluding hydrogens is 348 g/mol. The van der Waals surface area contributed by atoms with Gasteiger partial charge in [0, 0.05) is 0 Å². The fraction of sp³-hybridized carbons (Fsp3) is 0.500. The molecular formula is C24H38O2Si. The van der Waals surface area contributed by atoms with Crippen molar-refractivity contribution in [1.29, 1.82) is 0 Å². The van der Waals surface area contributed by atoms with Crippen LogP contribution in [0.15, 0.2) is 67.3 Å². The second-order valence-electron chi connectivity index (χ2n) is 7.58. The Morgan fingerprint density at radius 1 is 0.926 bits per heavy atom. The minimum atomic E-state index is -2.48. The number of allylic oxidation sites excluding steroid dienone is 2. The van der Waals surface area contributed by atoms with Crippen molar-refractivity contribution in [3.8, 4) is 0 Å². The first kappa shape index (κ1) is 23.6. The Balaban J connectivity index is 3.01. The van der Waals surface area contributed by atoms with Gasteiger partial charge in [0.05, 0.1) is 12.2 Å². The van der Waals surface area contributed by atoms with Crippen LogP contribution >= 0.6 is 0 Å². The zero-order chi connectivity index (χ0) is 20.3. The van der Waals surface area contributed by atoms with Crippen LogP contribution in [0.1, 0.15) is 53.5 Å². The molecule has 0 aliphatic rings. The molecule has 27 heavy (non-hydrogen) atoms. The van der Waals surface area contributed by atoms with Crippen LogP contribution < -0.4 is 0 Å². The largest absolute Gasteiger partial charge is 0.387 e. The average Bonchev–Trinajstić information content (AvgIpc) is 2.64. The van der Waals surface area contributed by atoms with E-state index >= 15 is 0 Å². The maximum Gasteiger partial charge on any atom is 0.344 e. The summed E-state index contributed by atoms with van der Waals surface area (Å²) in [6.45, 7) is 17.0. The van der Waals surface area contributed by atoms with E-state index in [2.05, 4.69) is 76.8 Å². The predicted molar refractivity (Wildman–Crippen MR) is 120 cm³/mol. The predicted octanol–water partition coefficient (Wildman–Crippen LogP) is 6.99. The van der Waals surface area contributed by atoms with Gasteiger partial charge in [0.2, 0.25) is 0 Å². The quantitative estimate of drug-likeness (QED) is 0.285. The summed E-state index contributed by atoms with van der Waals surface area (Å²) in [4.78, 5) is 0. The normalized spacial score (nSPS) is 14.1. The van der Waals surface area contributed by atoms with Crippen LogP contribution in [0.25, 0.3) is 0 Å². The maximum absolute atomic E-state index is 6.79. The van der Waals surface area contributed by atoms with Gasteiger partial charge in [-0.05, 0) is 43.3 Å². The molecule has 1 rings (SSSR count). The molecule has 0 N–H and O–H groups in total. The van der Waals surface area contributed by atoms with Gasteiger partial charge in [-0.15, -0.1) is 6.58 Å².